The molecule has 1 fully saturated rings. The van der Waals surface area contributed by atoms with Crippen LogP contribution in [-0.4, -0.2) is 75.6 Å². The van der Waals surface area contributed by atoms with Gasteiger partial charge in [-0.15, -0.1) is 0 Å². The maximum Gasteiger partial charge on any atom is 0.313 e. The summed E-state index contributed by atoms with van der Waals surface area (Å²) in [6, 6.07) is 13.4. The largest absolute Gasteiger partial charge is 0.481 e. The first-order valence-electron chi connectivity index (χ1n) is 12.0. The Hall–Kier alpha value is -4.74. The minimum atomic E-state index is -1.47. The van der Waals surface area contributed by atoms with E-state index in [4.69, 9.17) is 11.1 Å². The summed E-state index contributed by atoms with van der Waals surface area (Å²) in [6.45, 7) is 1.78. The number of nitrogens with two attached hydrogens (primary N) is 1. The second kappa shape index (κ2) is 12.5. The normalized spacial score (nSPS) is 16.1. The number of nitrogens with zero attached hydrogens (tertiary/aromatic N) is 2. The number of carboxylic acid groups (broad SMARTS) is 1. The van der Waals surface area contributed by atoms with Crippen LogP contribution in [0.4, 0.5) is 0 Å². The molecule has 2 aromatic rings. The zero-order valence-corrected chi connectivity index (χ0v) is 20.8. The first kappa shape index (κ1) is 27.8. The van der Waals surface area contributed by atoms with E-state index in [0.717, 1.165) is 10.5 Å². The van der Waals surface area contributed by atoms with Crippen LogP contribution >= 0.6 is 0 Å². The average molecular weight is 523 g/mol. The molecule has 4 amide bonds. The standard InChI is InChI=1S/C26H30N6O6/c1-2-12-31-20(30-23(35)18-10-8-17(9-11-18)22(27)28)15-32(26(38)25(31)37)19(13-21(33)34)24(36)29-14-16-6-4-3-5-7-16/h3-11,19-20H,2,12-15H2,1H3,(H3,27,28)(H,29,36)(H,30,35)(H,33,34). The number of nitrogen functional groups attached to an aromatic ring is 1. The number of piperazine rings is 1. The van der Waals surface area contributed by atoms with Gasteiger partial charge in [0.15, 0.2) is 0 Å². The molecule has 2 aromatic carbocycles. The van der Waals surface area contributed by atoms with Crippen LogP contribution in [0.3, 0.4) is 0 Å². The van der Waals surface area contributed by atoms with E-state index < -0.39 is 48.2 Å². The third-order valence-electron chi connectivity index (χ3n) is 6.03. The number of amides is 4. The van der Waals surface area contributed by atoms with Crippen molar-refractivity contribution in [2.75, 3.05) is 13.1 Å². The highest BCUT2D eigenvalue weighted by molar-refractivity contribution is 6.36. The number of hydrogen-bond donors (Lipinski definition) is 5. The van der Waals surface area contributed by atoms with Gasteiger partial charge < -0.3 is 31.3 Å². The summed E-state index contributed by atoms with van der Waals surface area (Å²) in [5.74, 6) is -4.74. The molecule has 0 radical (unpaired) electrons. The Kier molecular flexibility index (Phi) is 9.14. The van der Waals surface area contributed by atoms with Crippen LogP contribution in [0, 0.1) is 5.41 Å². The molecule has 3 rings (SSSR count). The highest BCUT2D eigenvalue weighted by atomic mass is 16.4. The topological polar surface area (TPSA) is 186 Å². The summed E-state index contributed by atoms with van der Waals surface area (Å²) < 4.78 is 0. The van der Waals surface area contributed by atoms with Gasteiger partial charge in [0.1, 0.15) is 18.0 Å². The zero-order valence-electron chi connectivity index (χ0n) is 20.8. The summed E-state index contributed by atoms with van der Waals surface area (Å²) in [5, 5.41) is 22.3. The van der Waals surface area contributed by atoms with Crippen LogP contribution in [0.2, 0.25) is 0 Å². The molecule has 0 aromatic heterocycles. The van der Waals surface area contributed by atoms with Crippen LogP contribution < -0.4 is 16.4 Å². The Labute approximate surface area is 219 Å². The van der Waals surface area contributed by atoms with Gasteiger partial charge in [0.2, 0.25) is 5.91 Å². The molecule has 2 unspecified atom stereocenters. The molecule has 12 heteroatoms. The molecule has 1 aliphatic rings. The van der Waals surface area contributed by atoms with Crippen molar-refractivity contribution in [1.29, 1.82) is 5.41 Å². The van der Waals surface area contributed by atoms with Crippen LogP contribution in [0.1, 0.15) is 41.3 Å². The molecular weight excluding hydrogens is 492 g/mol. The summed E-state index contributed by atoms with van der Waals surface area (Å²) in [7, 11) is 0. The third-order valence-corrected chi connectivity index (χ3v) is 6.03. The minimum Gasteiger partial charge on any atom is -0.481 e. The minimum absolute atomic E-state index is 0.101. The molecule has 1 saturated heterocycles. The lowest BCUT2D eigenvalue weighted by Gasteiger charge is -2.42. The number of carboxylic acids is 1. The lowest BCUT2D eigenvalue weighted by molar-refractivity contribution is -0.164. The summed E-state index contributed by atoms with van der Waals surface area (Å²) >= 11 is 0. The molecule has 0 saturated carbocycles. The molecule has 1 heterocycles. The maximum absolute atomic E-state index is 13.0. The van der Waals surface area contributed by atoms with Gasteiger partial charge in [0.25, 0.3) is 5.91 Å². The third kappa shape index (κ3) is 6.72. The maximum atomic E-state index is 13.0. The van der Waals surface area contributed by atoms with Gasteiger partial charge in [-0.05, 0) is 24.1 Å². The molecule has 0 bridgehead atoms. The number of hydrogen-bond acceptors (Lipinski definition) is 6. The van der Waals surface area contributed by atoms with Crippen molar-refractivity contribution < 1.29 is 29.1 Å². The van der Waals surface area contributed by atoms with E-state index in [1.807, 2.05) is 6.07 Å². The fourth-order valence-electron chi connectivity index (χ4n) is 4.09. The van der Waals surface area contributed by atoms with Crippen molar-refractivity contribution in [3.63, 3.8) is 0 Å². The first-order chi connectivity index (χ1) is 18.1. The van der Waals surface area contributed by atoms with Crippen LogP contribution in [0.5, 0.6) is 0 Å². The molecule has 0 aliphatic carbocycles. The van der Waals surface area contributed by atoms with Crippen LogP contribution in [0.25, 0.3) is 0 Å². The molecular formula is C26H30N6O6. The predicted molar refractivity (Wildman–Crippen MR) is 137 cm³/mol. The first-order valence-corrected chi connectivity index (χ1v) is 12.0. The smallest absolute Gasteiger partial charge is 0.313 e. The summed E-state index contributed by atoms with van der Waals surface area (Å²) in [6.07, 6.45) is -1.23. The highest BCUT2D eigenvalue weighted by Gasteiger charge is 2.44. The van der Waals surface area contributed by atoms with Gasteiger partial charge in [0, 0.05) is 24.2 Å². The molecule has 200 valence electrons. The second-order valence-corrected chi connectivity index (χ2v) is 8.75. The zero-order chi connectivity index (χ0) is 27.8. The van der Waals surface area contributed by atoms with Gasteiger partial charge in [-0.2, -0.15) is 0 Å². The quantitative estimate of drug-likeness (QED) is 0.159. The lowest BCUT2D eigenvalue weighted by Crippen LogP contribution is -2.68. The van der Waals surface area contributed by atoms with Gasteiger partial charge in [-0.1, -0.05) is 49.4 Å². The van der Waals surface area contributed by atoms with E-state index in [-0.39, 0.29) is 31.0 Å². The van der Waals surface area contributed by atoms with Crippen molar-refractivity contribution in [2.45, 2.75) is 38.5 Å². The number of carbonyl (C=O) groups excluding carboxylic acids is 4. The predicted octanol–water partition coefficient (Wildman–Crippen LogP) is 0.267. The Morgan fingerprint density at radius 3 is 2.26 bits per heavy atom. The van der Waals surface area contributed by atoms with Gasteiger partial charge in [-0.25, -0.2) is 0 Å². The number of aliphatic carboxylic acids is 1. The van der Waals surface area contributed by atoms with E-state index >= 15 is 0 Å². The van der Waals surface area contributed by atoms with Gasteiger partial charge >= 0.3 is 17.8 Å². The molecule has 6 N–H and O–H groups in total. The van der Waals surface area contributed by atoms with Crippen molar-refractivity contribution in [1.82, 2.24) is 20.4 Å². The van der Waals surface area contributed by atoms with Gasteiger partial charge in [0.05, 0.1) is 13.0 Å². The van der Waals surface area contributed by atoms with E-state index in [9.17, 15) is 29.1 Å². The van der Waals surface area contributed by atoms with Crippen LogP contribution in [0.15, 0.2) is 54.6 Å². The Bertz CT molecular complexity index is 1220. The molecule has 0 spiro atoms. The van der Waals surface area contributed by atoms with Crippen molar-refractivity contribution in [3.05, 3.63) is 71.3 Å². The van der Waals surface area contributed by atoms with Crippen molar-refractivity contribution in [3.8, 4) is 0 Å². The number of carbonyl (C=O) groups is 5. The van der Waals surface area contributed by atoms with Crippen molar-refractivity contribution in [2.24, 2.45) is 5.73 Å². The molecule has 12 nitrogen and oxygen atoms in total. The molecule has 2 atom stereocenters. The number of nitrogens with one attached hydrogen (secondary N) is 3. The Morgan fingerprint density at radius 1 is 1.05 bits per heavy atom. The Balaban J connectivity index is 1.83. The second-order valence-electron chi connectivity index (χ2n) is 8.75. The van der Waals surface area contributed by atoms with Crippen LogP contribution in [-0.2, 0) is 25.7 Å². The SMILES string of the molecule is CCCN1C(=O)C(=O)N(C(CC(=O)O)C(=O)NCc2ccccc2)CC1NC(=O)c1ccc(C(=N)N)cc1. The fraction of sp³-hybridized carbons (Fsp3) is 0.308. The number of amidine groups is 1. The van der Waals surface area contributed by atoms with Crippen molar-refractivity contribution >= 4 is 35.4 Å². The summed E-state index contributed by atoms with van der Waals surface area (Å²) in [4.78, 5) is 65.8. The monoisotopic (exact) mass is 522 g/mol. The molecule has 38 heavy (non-hydrogen) atoms. The van der Waals surface area contributed by atoms with Gasteiger partial charge in [-0.3, -0.25) is 29.4 Å². The highest BCUT2D eigenvalue weighted by Crippen LogP contribution is 2.18. The Morgan fingerprint density at radius 2 is 1.68 bits per heavy atom. The number of benzene rings is 2. The number of rotatable bonds is 11. The average Bonchev–Trinajstić information content (AvgIpc) is 2.90. The molecule has 1 aliphatic heterocycles. The van der Waals surface area contributed by atoms with E-state index in [1.54, 1.807) is 31.2 Å². The van der Waals surface area contributed by atoms with E-state index in [1.165, 1.54) is 29.2 Å². The fourth-order valence-corrected chi connectivity index (χ4v) is 4.09. The van der Waals surface area contributed by atoms with E-state index in [0.29, 0.717) is 12.0 Å². The van der Waals surface area contributed by atoms with E-state index in [2.05, 4.69) is 10.6 Å². The summed E-state index contributed by atoms with van der Waals surface area (Å²) in [5.41, 5.74) is 6.88. The lowest BCUT2D eigenvalue weighted by atomic mass is 10.1.